The highest BCUT2D eigenvalue weighted by atomic mass is 35.5. The molecule has 0 spiro atoms. The molecule has 8 nitrogen and oxygen atoms in total. The van der Waals surface area contributed by atoms with E-state index in [1.807, 2.05) is 6.07 Å². The first-order chi connectivity index (χ1) is 14.8. The number of hydrogen-bond donors (Lipinski definition) is 2. The normalized spacial score (nSPS) is 16.3. The summed E-state index contributed by atoms with van der Waals surface area (Å²) < 4.78 is 32.0. The van der Waals surface area contributed by atoms with Crippen molar-refractivity contribution in [2.45, 2.75) is 22.2 Å². The minimum absolute atomic E-state index is 0.191. The number of nitrogens with zero attached hydrogens (tertiary/aromatic N) is 2. The van der Waals surface area contributed by atoms with Gasteiger partial charge in [-0.15, -0.1) is 0 Å². The standard InChI is InChI=1S/C20H21ClN4O4S2/c1-13(30-20-23-17-7-2-14(21)12-18(17)24-20)19(26)22-15-3-5-16(6-4-15)31(27,28)25-8-10-29-11-9-25/h2-7,12-13H,8-11H2,1H3,(H,22,26)(H,23,24). The monoisotopic (exact) mass is 480 g/mol. The lowest BCUT2D eigenvalue weighted by Crippen LogP contribution is -2.40. The van der Waals surface area contributed by atoms with E-state index in [4.69, 9.17) is 16.3 Å². The molecular weight excluding hydrogens is 460 g/mol. The molecule has 1 aromatic heterocycles. The number of ether oxygens (including phenoxy) is 1. The number of aromatic nitrogens is 2. The highest BCUT2D eigenvalue weighted by Crippen LogP contribution is 2.26. The molecule has 1 saturated heterocycles. The van der Waals surface area contributed by atoms with Gasteiger partial charge >= 0.3 is 0 Å². The van der Waals surface area contributed by atoms with Crippen molar-refractivity contribution in [2.24, 2.45) is 0 Å². The number of H-pyrrole nitrogens is 1. The topological polar surface area (TPSA) is 104 Å². The van der Waals surface area contributed by atoms with Gasteiger partial charge in [-0.1, -0.05) is 23.4 Å². The van der Waals surface area contributed by atoms with E-state index in [-0.39, 0.29) is 10.8 Å². The summed E-state index contributed by atoms with van der Waals surface area (Å²) in [6, 6.07) is 11.5. The Morgan fingerprint density at radius 1 is 1.23 bits per heavy atom. The van der Waals surface area contributed by atoms with E-state index in [1.54, 1.807) is 31.2 Å². The molecule has 1 amide bonds. The van der Waals surface area contributed by atoms with Crippen LogP contribution in [0.3, 0.4) is 0 Å². The molecule has 2 aromatic carbocycles. The number of nitrogens with one attached hydrogen (secondary N) is 2. The van der Waals surface area contributed by atoms with Crippen molar-refractivity contribution < 1.29 is 17.9 Å². The number of fused-ring (bicyclic) bond motifs is 1. The van der Waals surface area contributed by atoms with Crippen LogP contribution in [0.2, 0.25) is 5.02 Å². The number of rotatable bonds is 6. The number of thioether (sulfide) groups is 1. The van der Waals surface area contributed by atoms with Gasteiger partial charge in [0.15, 0.2) is 5.16 Å². The van der Waals surface area contributed by atoms with Gasteiger partial charge in [0.05, 0.1) is 34.4 Å². The van der Waals surface area contributed by atoms with Gasteiger partial charge in [-0.05, 0) is 49.4 Å². The maximum atomic E-state index is 12.7. The van der Waals surface area contributed by atoms with Crippen LogP contribution in [-0.4, -0.2) is 60.2 Å². The Labute approximate surface area is 189 Å². The third-order valence-corrected chi connectivity index (χ3v) is 7.94. The van der Waals surface area contributed by atoms with E-state index in [9.17, 15) is 13.2 Å². The van der Waals surface area contributed by atoms with Crippen molar-refractivity contribution in [2.75, 3.05) is 31.6 Å². The minimum atomic E-state index is -3.57. The number of hydrogen-bond acceptors (Lipinski definition) is 6. The van der Waals surface area contributed by atoms with Crippen LogP contribution in [0.15, 0.2) is 52.5 Å². The maximum absolute atomic E-state index is 12.7. The molecule has 164 valence electrons. The summed E-state index contributed by atoms with van der Waals surface area (Å²) in [5, 5.41) is 3.62. The third-order valence-electron chi connectivity index (χ3n) is 4.81. The van der Waals surface area contributed by atoms with E-state index in [0.717, 1.165) is 11.0 Å². The van der Waals surface area contributed by atoms with Crippen molar-refractivity contribution >= 4 is 56.0 Å². The second kappa shape index (κ2) is 9.17. The van der Waals surface area contributed by atoms with Gasteiger partial charge in [-0.25, -0.2) is 13.4 Å². The van der Waals surface area contributed by atoms with Crippen LogP contribution in [0.5, 0.6) is 0 Å². The predicted octanol–water partition coefficient (Wildman–Crippen LogP) is 3.36. The van der Waals surface area contributed by atoms with Crippen molar-refractivity contribution in [3.05, 3.63) is 47.5 Å². The highest BCUT2D eigenvalue weighted by molar-refractivity contribution is 8.00. The van der Waals surface area contributed by atoms with Crippen LogP contribution >= 0.6 is 23.4 Å². The van der Waals surface area contributed by atoms with E-state index >= 15 is 0 Å². The molecule has 1 aliphatic rings. The lowest BCUT2D eigenvalue weighted by Gasteiger charge is -2.26. The van der Waals surface area contributed by atoms with E-state index < -0.39 is 15.3 Å². The van der Waals surface area contributed by atoms with E-state index in [2.05, 4.69) is 15.3 Å². The van der Waals surface area contributed by atoms with Crippen molar-refractivity contribution in [1.29, 1.82) is 0 Å². The largest absolute Gasteiger partial charge is 0.379 e. The van der Waals surface area contributed by atoms with Crippen LogP contribution in [0.1, 0.15) is 6.92 Å². The van der Waals surface area contributed by atoms with Crippen LogP contribution < -0.4 is 5.32 Å². The summed E-state index contributed by atoms with van der Waals surface area (Å²) in [5.74, 6) is -0.215. The number of sulfonamides is 1. The smallest absolute Gasteiger partial charge is 0.243 e. The molecule has 1 fully saturated rings. The molecule has 31 heavy (non-hydrogen) atoms. The average molecular weight is 481 g/mol. The van der Waals surface area contributed by atoms with Gasteiger partial charge in [-0.3, -0.25) is 4.79 Å². The summed E-state index contributed by atoms with van der Waals surface area (Å²) >= 11 is 7.29. The molecule has 2 heterocycles. The summed E-state index contributed by atoms with van der Waals surface area (Å²) in [6.45, 7) is 3.23. The average Bonchev–Trinajstić information content (AvgIpc) is 3.16. The van der Waals surface area contributed by atoms with Gasteiger partial charge in [0, 0.05) is 23.8 Å². The molecule has 0 bridgehead atoms. The highest BCUT2D eigenvalue weighted by Gasteiger charge is 2.26. The van der Waals surface area contributed by atoms with Gasteiger partial charge < -0.3 is 15.0 Å². The Balaban J connectivity index is 1.39. The van der Waals surface area contributed by atoms with Gasteiger partial charge in [-0.2, -0.15) is 4.31 Å². The number of benzene rings is 2. The number of imidazole rings is 1. The third kappa shape index (κ3) is 5.04. The van der Waals surface area contributed by atoms with Gasteiger partial charge in [0.25, 0.3) is 0 Å². The molecule has 0 radical (unpaired) electrons. The molecule has 11 heteroatoms. The molecule has 3 aromatic rings. The Bertz CT molecular complexity index is 1190. The second-order valence-electron chi connectivity index (χ2n) is 6.99. The second-order valence-corrected chi connectivity index (χ2v) is 10.7. The fraction of sp³-hybridized carbons (Fsp3) is 0.300. The first-order valence-electron chi connectivity index (χ1n) is 9.64. The Kier molecular flexibility index (Phi) is 6.54. The van der Waals surface area contributed by atoms with Crippen LogP contribution in [-0.2, 0) is 19.6 Å². The zero-order valence-electron chi connectivity index (χ0n) is 16.7. The molecule has 0 saturated carbocycles. The molecule has 0 aliphatic carbocycles. The zero-order valence-corrected chi connectivity index (χ0v) is 19.1. The molecule has 2 N–H and O–H groups in total. The first-order valence-corrected chi connectivity index (χ1v) is 12.3. The number of carbonyl (C=O) groups is 1. The van der Waals surface area contributed by atoms with Crippen molar-refractivity contribution in [3.63, 3.8) is 0 Å². The molecule has 4 rings (SSSR count). The minimum Gasteiger partial charge on any atom is -0.379 e. The zero-order chi connectivity index (χ0) is 22.0. The number of amides is 1. The summed E-state index contributed by atoms with van der Waals surface area (Å²) in [7, 11) is -3.57. The predicted molar refractivity (Wildman–Crippen MR) is 121 cm³/mol. The van der Waals surface area contributed by atoms with Crippen molar-refractivity contribution in [1.82, 2.24) is 14.3 Å². The van der Waals surface area contributed by atoms with E-state index in [0.29, 0.717) is 42.2 Å². The van der Waals surface area contributed by atoms with Crippen LogP contribution in [0.4, 0.5) is 5.69 Å². The summed E-state index contributed by atoms with van der Waals surface area (Å²) in [4.78, 5) is 20.4. The maximum Gasteiger partial charge on any atom is 0.243 e. The Morgan fingerprint density at radius 2 is 1.94 bits per heavy atom. The molecular formula is C20H21ClN4O4S2. The fourth-order valence-electron chi connectivity index (χ4n) is 3.13. The SMILES string of the molecule is CC(Sc1nc2ccc(Cl)cc2[nH]1)C(=O)Nc1ccc(S(=O)(=O)N2CCOCC2)cc1. The quantitative estimate of drug-likeness (QED) is 0.524. The lowest BCUT2D eigenvalue weighted by atomic mass is 10.3. The molecule has 1 aliphatic heterocycles. The van der Waals surface area contributed by atoms with Gasteiger partial charge in [0.2, 0.25) is 15.9 Å². The van der Waals surface area contributed by atoms with Crippen LogP contribution in [0, 0.1) is 0 Å². The molecule has 1 atom stereocenters. The van der Waals surface area contributed by atoms with Gasteiger partial charge in [0.1, 0.15) is 0 Å². The molecule has 1 unspecified atom stereocenters. The number of carbonyl (C=O) groups excluding carboxylic acids is 1. The number of anilines is 1. The lowest BCUT2D eigenvalue weighted by molar-refractivity contribution is -0.115. The van der Waals surface area contributed by atoms with Crippen molar-refractivity contribution in [3.8, 4) is 0 Å². The Hall–Kier alpha value is -2.11. The number of halogens is 1. The first kappa shape index (κ1) is 22.1. The fourth-order valence-corrected chi connectivity index (χ4v) is 5.53. The van der Waals surface area contributed by atoms with Crippen LogP contribution in [0.25, 0.3) is 11.0 Å². The summed E-state index contributed by atoms with van der Waals surface area (Å²) in [6.07, 6.45) is 0. The Morgan fingerprint density at radius 3 is 2.65 bits per heavy atom. The summed E-state index contributed by atoms with van der Waals surface area (Å²) in [5.41, 5.74) is 2.10. The van der Waals surface area contributed by atoms with E-state index in [1.165, 1.54) is 28.2 Å². The number of morpholine rings is 1. The number of aromatic amines is 1.